The van der Waals surface area contributed by atoms with Crippen LogP contribution in [0.15, 0.2) is 18.2 Å². The molecule has 0 aliphatic heterocycles. The Bertz CT molecular complexity index is 458. The molecule has 20 heavy (non-hydrogen) atoms. The van der Waals surface area contributed by atoms with Gasteiger partial charge in [0.2, 0.25) is 0 Å². The fourth-order valence-corrected chi connectivity index (χ4v) is 2.13. The first kappa shape index (κ1) is 16.6. The van der Waals surface area contributed by atoms with E-state index < -0.39 is 5.82 Å². The van der Waals surface area contributed by atoms with Crippen LogP contribution in [0.1, 0.15) is 36.2 Å². The van der Waals surface area contributed by atoms with Crippen LogP contribution in [0.3, 0.4) is 0 Å². The van der Waals surface area contributed by atoms with Crippen LogP contribution in [0.25, 0.3) is 0 Å². The van der Waals surface area contributed by atoms with Crippen molar-refractivity contribution in [2.75, 3.05) is 20.6 Å². The Balaban J connectivity index is 2.65. The fourth-order valence-electron chi connectivity index (χ4n) is 2.13. The third-order valence-corrected chi connectivity index (χ3v) is 3.34. The Morgan fingerprint density at radius 2 is 2.00 bits per heavy atom. The van der Waals surface area contributed by atoms with E-state index in [9.17, 15) is 9.18 Å². The van der Waals surface area contributed by atoms with Gasteiger partial charge in [-0.3, -0.25) is 4.79 Å². The molecule has 0 aliphatic carbocycles. The lowest BCUT2D eigenvalue weighted by Gasteiger charge is -2.26. The molecule has 0 bridgehead atoms. The zero-order valence-corrected chi connectivity index (χ0v) is 13.0. The molecule has 0 aromatic heterocycles. The van der Waals surface area contributed by atoms with Crippen LogP contribution < -0.4 is 5.32 Å². The number of rotatable bonds is 6. The molecule has 4 heteroatoms. The van der Waals surface area contributed by atoms with Crippen molar-refractivity contribution in [3.05, 3.63) is 35.1 Å². The number of hydrogen-bond donors (Lipinski definition) is 1. The first-order chi connectivity index (χ1) is 9.31. The number of nitrogens with one attached hydrogen (secondary N) is 1. The molecular weight excluding hydrogens is 255 g/mol. The molecule has 0 heterocycles. The van der Waals surface area contributed by atoms with Gasteiger partial charge < -0.3 is 10.2 Å². The fraction of sp³-hybridized carbons (Fsp3) is 0.562. The lowest BCUT2D eigenvalue weighted by Crippen LogP contribution is -2.41. The second kappa shape index (κ2) is 7.39. The van der Waals surface area contributed by atoms with Crippen molar-refractivity contribution in [1.29, 1.82) is 0 Å². The highest BCUT2D eigenvalue weighted by atomic mass is 19.1. The van der Waals surface area contributed by atoms with Crippen molar-refractivity contribution in [2.24, 2.45) is 5.92 Å². The lowest BCUT2D eigenvalue weighted by atomic mass is 10.0. The van der Waals surface area contributed by atoms with Gasteiger partial charge in [-0.2, -0.15) is 0 Å². The largest absolute Gasteiger partial charge is 0.350 e. The SMILES string of the molecule is Cc1ccc(C(=O)NCC(CC(C)C)N(C)C)c(F)c1. The highest BCUT2D eigenvalue weighted by Gasteiger charge is 2.16. The van der Waals surface area contributed by atoms with Crippen molar-refractivity contribution in [2.45, 2.75) is 33.2 Å². The number of nitrogens with zero attached hydrogens (tertiary/aromatic N) is 1. The van der Waals surface area contributed by atoms with Gasteiger partial charge in [-0.15, -0.1) is 0 Å². The van der Waals surface area contributed by atoms with E-state index in [1.807, 2.05) is 14.1 Å². The maximum Gasteiger partial charge on any atom is 0.254 e. The third kappa shape index (κ3) is 4.93. The van der Waals surface area contributed by atoms with E-state index in [0.717, 1.165) is 12.0 Å². The summed E-state index contributed by atoms with van der Waals surface area (Å²) in [6.07, 6.45) is 0.990. The molecule has 0 fully saturated rings. The minimum absolute atomic E-state index is 0.109. The number of aryl methyl sites for hydroxylation is 1. The zero-order chi connectivity index (χ0) is 15.3. The molecule has 1 aromatic carbocycles. The minimum Gasteiger partial charge on any atom is -0.350 e. The maximum atomic E-state index is 13.7. The molecule has 1 atom stereocenters. The van der Waals surface area contributed by atoms with Gasteiger partial charge in [0.1, 0.15) is 5.82 Å². The van der Waals surface area contributed by atoms with E-state index >= 15 is 0 Å². The maximum absolute atomic E-state index is 13.7. The summed E-state index contributed by atoms with van der Waals surface area (Å²) in [4.78, 5) is 14.1. The molecule has 1 unspecified atom stereocenters. The number of likely N-dealkylation sites (N-methyl/N-ethyl adjacent to an activating group) is 1. The molecule has 3 nitrogen and oxygen atoms in total. The molecule has 0 aliphatic rings. The summed E-state index contributed by atoms with van der Waals surface area (Å²) in [6.45, 7) is 6.63. The number of carbonyl (C=O) groups is 1. The third-order valence-electron chi connectivity index (χ3n) is 3.34. The van der Waals surface area contributed by atoms with Gasteiger partial charge in [-0.05, 0) is 51.1 Å². The van der Waals surface area contributed by atoms with Crippen molar-refractivity contribution in [1.82, 2.24) is 10.2 Å². The summed E-state index contributed by atoms with van der Waals surface area (Å²) in [5.74, 6) is -0.263. The van der Waals surface area contributed by atoms with Gasteiger partial charge in [-0.25, -0.2) is 4.39 Å². The highest BCUT2D eigenvalue weighted by Crippen LogP contribution is 2.11. The van der Waals surface area contributed by atoms with Crippen LogP contribution in [0.4, 0.5) is 4.39 Å². The predicted octanol–water partition coefficient (Wildman–Crippen LogP) is 2.84. The molecule has 0 spiro atoms. The van der Waals surface area contributed by atoms with Crippen LogP contribution in [-0.4, -0.2) is 37.5 Å². The first-order valence-corrected chi connectivity index (χ1v) is 7.02. The Labute approximate surface area is 121 Å². The van der Waals surface area contributed by atoms with Crippen molar-refractivity contribution < 1.29 is 9.18 Å². The zero-order valence-electron chi connectivity index (χ0n) is 13.0. The van der Waals surface area contributed by atoms with Gasteiger partial charge in [0.05, 0.1) is 5.56 Å². The van der Waals surface area contributed by atoms with E-state index in [-0.39, 0.29) is 17.5 Å². The summed E-state index contributed by atoms with van der Waals surface area (Å²) < 4.78 is 13.7. The average Bonchev–Trinajstić information content (AvgIpc) is 2.33. The van der Waals surface area contributed by atoms with Crippen LogP contribution in [0.5, 0.6) is 0 Å². The van der Waals surface area contributed by atoms with Gasteiger partial charge >= 0.3 is 0 Å². The standard InChI is InChI=1S/C16H25FN2O/c1-11(2)8-13(19(4)5)10-18-16(20)14-7-6-12(3)9-15(14)17/h6-7,9,11,13H,8,10H2,1-5H3,(H,18,20). The van der Waals surface area contributed by atoms with E-state index in [4.69, 9.17) is 0 Å². The first-order valence-electron chi connectivity index (χ1n) is 7.02. The molecule has 1 N–H and O–H groups in total. The highest BCUT2D eigenvalue weighted by molar-refractivity contribution is 5.94. The monoisotopic (exact) mass is 280 g/mol. The number of carbonyl (C=O) groups excluding carboxylic acids is 1. The number of halogens is 1. The second-order valence-corrected chi connectivity index (χ2v) is 5.94. The lowest BCUT2D eigenvalue weighted by molar-refractivity contribution is 0.0934. The summed E-state index contributed by atoms with van der Waals surface area (Å²) in [7, 11) is 3.98. The Morgan fingerprint density at radius 3 is 2.50 bits per heavy atom. The smallest absolute Gasteiger partial charge is 0.254 e. The summed E-state index contributed by atoms with van der Waals surface area (Å²) in [5, 5.41) is 2.83. The van der Waals surface area contributed by atoms with E-state index in [1.54, 1.807) is 13.0 Å². The molecule has 0 radical (unpaired) electrons. The quantitative estimate of drug-likeness (QED) is 0.869. The minimum atomic E-state index is -0.465. The average molecular weight is 280 g/mol. The van der Waals surface area contributed by atoms with Crippen molar-refractivity contribution >= 4 is 5.91 Å². The Morgan fingerprint density at radius 1 is 1.35 bits per heavy atom. The van der Waals surface area contributed by atoms with Gasteiger partial charge in [0.15, 0.2) is 0 Å². The van der Waals surface area contributed by atoms with E-state index in [2.05, 4.69) is 24.1 Å². The molecule has 1 rings (SSSR count). The number of benzene rings is 1. The van der Waals surface area contributed by atoms with Crippen LogP contribution in [0, 0.1) is 18.7 Å². The van der Waals surface area contributed by atoms with Gasteiger partial charge in [-0.1, -0.05) is 19.9 Å². The van der Waals surface area contributed by atoms with E-state index in [0.29, 0.717) is 12.5 Å². The summed E-state index contributed by atoms with van der Waals surface area (Å²) >= 11 is 0. The van der Waals surface area contributed by atoms with Crippen LogP contribution in [-0.2, 0) is 0 Å². The van der Waals surface area contributed by atoms with Crippen LogP contribution >= 0.6 is 0 Å². The second-order valence-electron chi connectivity index (χ2n) is 5.94. The topological polar surface area (TPSA) is 32.3 Å². The molecule has 0 saturated carbocycles. The molecule has 1 aromatic rings. The number of hydrogen-bond acceptors (Lipinski definition) is 2. The number of amides is 1. The summed E-state index contributed by atoms with van der Waals surface area (Å²) in [6, 6.07) is 4.92. The molecule has 112 valence electrons. The Hall–Kier alpha value is -1.42. The van der Waals surface area contributed by atoms with Crippen LogP contribution in [0.2, 0.25) is 0 Å². The summed E-state index contributed by atoms with van der Waals surface area (Å²) in [5.41, 5.74) is 0.919. The van der Waals surface area contributed by atoms with Crippen molar-refractivity contribution in [3.63, 3.8) is 0 Å². The van der Waals surface area contributed by atoms with Gasteiger partial charge in [0.25, 0.3) is 5.91 Å². The van der Waals surface area contributed by atoms with Gasteiger partial charge in [0, 0.05) is 12.6 Å². The molecular formula is C16H25FN2O. The molecule has 0 saturated heterocycles. The normalized spacial score (nSPS) is 12.8. The predicted molar refractivity (Wildman–Crippen MR) is 80.4 cm³/mol. The van der Waals surface area contributed by atoms with E-state index in [1.165, 1.54) is 12.1 Å². The Kier molecular flexibility index (Phi) is 6.14. The van der Waals surface area contributed by atoms with Crippen molar-refractivity contribution in [3.8, 4) is 0 Å². The molecule has 1 amide bonds.